The van der Waals surface area contributed by atoms with Crippen molar-refractivity contribution in [3.05, 3.63) is 48.8 Å². The van der Waals surface area contributed by atoms with Gasteiger partial charge < -0.3 is 11.1 Å². The third kappa shape index (κ3) is 3.08. The number of nitrogens with zero attached hydrogens (tertiary/aromatic N) is 5. The van der Waals surface area contributed by atoms with Crippen LogP contribution in [0, 0.1) is 5.82 Å². The molecule has 22 heavy (non-hydrogen) atoms. The number of nitrogens with two attached hydrogens (primary N) is 1. The maximum absolute atomic E-state index is 12.9. The van der Waals surface area contributed by atoms with Crippen LogP contribution in [0.15, 0.2) is 43.0 Å². The number of benzene rings is 1. The highest BCUT2D eigenvalue weighted by Gasteiger charge is 2.07. The molecule has 3 aromatic rings. The lowest BCUT2D eigenvalue weighted by molar-refractivity contribution is -0.116. The van der Waals surface area contributed by atoms with Crippen molar-refractivity contribution in [1.29, 1.82) is 0 Å². The monoisotopic (exact) mass is 301 g/mol. The van der Waals surface area contributed by atoms with E-state index >= 15 is 0 Å². The molecule has 0 saturated heterocycles. The highest BCUT2D eigenvalue weighted by molar-refractivity contribution is 5.90. The molecular weight excluding hydrogens is 289 g/mol. The van der Waals surface area contributed by atoms with E-state index in [1.165, 1.54) is 34.0 Å². The Morgan fingerprint density at radius 1 is 1.32 bits per heavy atom. The average Bonchev–Trinajstić information content (AvgIpc) is 3.09. The van der Waals surface area contributed by atoms with E-state index in [1.807, 2.05) is 0 Å². The minimum Gasteiger partial charge on any atom is -0.367 e. The Hall–Kier alpha value is -3.23. The van der Waals surface area contributed by atoms with Gasteiger partial charge in [-0.3, -0.25) is 4.79 Å². The second-order valence-corrected chi connectivity index (χ2v) is 4.50. The van der Waals surface area contributed by atoms with Crippen molar-refractivity contribution in [3.63, 3.8) is 0 Å². The Balaban J connectivity index is 1.66. The molecule has 8 nitrogen and oxygen atoms in total. The lowest BCUT2D eigenvalue weighted by Crippen LogP contribution is -2.18. The molecule has 0 bridgehead atoms. The Morgan fingerprint density at radius 3 is 2.77 bits per heavy atom. The first kappa shape index (κ1) is 13.7. The lowest BCUT2D eigenvalue weighted by Gasteiger charge is -2.02. The second kappa shape index (κ2) is 5.64. The molecule has 0 aliphatic heterocycles. The number of carbonyl (C=O) groups is 1. The fourth-order valence-electron chi connectivity index (χ4n) is 1.86. The van der Waals surface area contributed by atoms with E-state index in [9.17, 15) is 9.18 Å². The van der Waals surface area contributed by atoms with Gasteiger partial charge in [-0.25, -0.2) is 18.7 Å². The molecule has 0 radical (unpaired) electrons. The zero-order chi connectivity index (χ0) is 15.5. The van der Waals surface area contributed by atoms with Gasteiger partial charge in [0, 0.05) is 0 Å². The van der Waals surface area contributed by atoms with Crippen molar-refractivity contribution < 1.29 is 9.18 Å². The van der Waals surface area contributed by atoms with Crippen LogP contribution in [-0.2, 0) is 11.3 Å². The van der Waals surface area contributed by atoms with Gasteiger partial charge in [-0.1, -0.05) is 0 Å². The van der Waals surface area contributed by atoms with Crippen LogP contribution >= 0.6 is 0 Å². The summed E-state index contributed by atoms with van der Waals surface area (Å²) in [7, 11) is 0. The van der Waals surface area contributed by atoms with Crippen LogP contribution in [0.2, 0.25) is 0 Å². The minimum absolute atomic E-state index is 0.00801. The molecule has 2 heterocycles. The zero-order valence-corrected chi connectivity index (χ0v) is 11.3. The number of hydrogen-bond donors (Lipinski definition) is 2. The van der Waals surface area contributed by atoms with E-state index in [4.69, 9.17) is 5.73 Å². The number of nitrogen functional groups attached to an aromatic ring is 1. The summed E-state index contributed by atoms with van der Waals surface area (Å²) >= 11 is 0. The summed E-state index contributed by atoms with van der Waals surface area (Å²) in [6.07, 6.45) is 4.49. The van der Waals surface area contributed by atoms with Crippen LogP contribution in [0.25, 0.3) is 5.69 Å². The van der Waals surface area contributed by atoms with Gasteiger partial charge in [-0.05, 0) is 24.3 Å². The molecule has 3 N–H and O–H groups in total. The quantitative estimate of drug-likeness (QED) is 0.742. The fraction of sp³-hybridized carbons (Fsp3) is 0.0769. The number of carbonyl (C=O) groups excluding carboxylic acids is 1. The highest BCUT2D eigenvalue weighted by atomic mass is 19.1. The number of amides is 1. The smallest absolute Gasteiger partial charge is 0.246 e. The van der Waals surface area contributed by atoms with Crippen molar-refractivity contribution >= 4 is 17.5 Å². The van der Waals surface area contributed by atoms with Crippen LogP contribution in [0.4, 0.5) is 16.0 Å². The topological polar surface area (TPSA) is 104 Å². The van der Waals surface area contributed by atoms with Crippen LogP contribution in [0.5, 0.6) is 0 Å². The molecule has 0 aliphatic carbocycles. The Bertz CT molecular complexity index is 793. The van der Waals surface area contributed by atoms with Crippen molar-refractivity contribution in [2.75, 3.05) is 11.1 Å². The standard InChI is InChI=1S/C13H12FN7O/c14-9-1-3-11(4-2-9)21-6-10(5-17-21)18-12(22)7-20-8-16-13(15)19-20/h1-6,8H,7H2,(H2,15,19)(H,18,22). The molecule has 3 rings (SSSR count). The van der Waals surface area contributed by atoms with Crippen LogP contribution in [-0.4, -0.2) is 30.5 Å². The van der Waals surface area contributed by atoms with Crippen molar-refractivity contribution in [2.45, 2.75) is 6.54 Å². The van der Waals surface area contributed by atoms with Crippen LogP contribution < -0.4 is 11.1 Å². The minimum atomic E-state index is -0.323. The van der Waals surface area contributed by atoms with Gasteiger partial charge >= 0.3 is 0 Å². The first-order chi connectivity index (χ1) is 10.6. The number of nitrogens with one attached hydrogen (secondary N) is 1. The Morgan fingerprint density at radius 2 is 2.09 bits per heavy atom. The number of aromatic nitrogens is 5. The van der Waals surface area contributed by atoms with Gasteiger partial charge in [0.1, 0.15) is 18.7 Å². The predicted octanol–water partition coefficient (Wildman–Crippen LogP) is 0.824. The number of rotatable bonds is 4. The Labute approximate surface area is 124 Å². The summed E-state index contributed by atoms with van der Waals surface area (Å²) in [5, 5.41) is 10.6. The average molecular weight is 301 g/mol. The SMILES string of the molecule is Nc1ncn(CC(=O)Nc2cnn(-c3ccc(F)cc3)c2)n1. The fourth-order valence-corrected chi connectivity index (χ4v) is 1.86. The summed E-state index contributed by atoms with van der Waals surface area (Å²) in [6, 6.07) is 5.85. The molecule has 2 aromatic heterocycles. The third-order valence-electron chi connectivity index (χ3n) is 2.82. The van der Waals surface area contributed by atoms with E-state index in [0.29, 0.717) is 11.4 Å². The van der Waals surface area contributed by atoms with Gasteiger partial charge in [0.2, 0.25) is 11.9 Å². The van der Waals surface area contributed by atoms with Crippen molar-refractivity contribution in [2.24, 2.45) is 0 Å². The van der Waals surface area contributed by atoms with Gasteiger partial charge in [0.25, 0.3) is 0 Å². The molecule has 0 fully saturated rings. The van der Waals surface area contributed by atoms with E-state index in [1.54, 1.807) is 18.3 Å². The molecule has 9 heteroatoms. The maximum Gasteiger partial charge on any atom is 0.246 e. The molecule has 0 spiro atoms. The largest absolute Gasteiger partial charge is 0.367 e. The van der Waals surface area contributed by atoms with E-state index in [0.717, 1.165) is 0 Å². The first-order valence-electron chi connectivity index (χ1n) is 6.35. The van der Waals surface area contributed by atoms with Crippen molar-refractivity contribution in [1.82, 2.24) is 24.5 Å². The molecular formula is C13H12FN7O. The first-order valence-corrected chi connectivity index (χ1v) is 6.35. The van der Waals surface area contributed by atoms with Gasteiger partial charge in [-0.2, -0.15) is 5.10 Å². The number of halogens is 1. The normalized spacial score (nSPS) is 10.6. The number of hydrogen-bond acceptors (Lipinski definition) is 5. The molecule has 1 amide bonds. The van der Waals surface area contributed by atoms with Gasteiger partial charge in [0.15, 0.2) is 0 Å². The van der Waals surface area contributed by atoms with Crippen LogP contribution in [0.3, 0.4) is 0 Å². The second-order valence-electron chi connectivity index (χ2n) is 4.50. The number of anilines is 2. The molecule has 0 atom stereocenters. The summed E-state index contributed by atoms with van der Waals surface area (Å²) in [6.45, 7) is -0.00801. The van der Waals surface area contributed by atoms with E-state index < -0.39 is 0 Å². The molecule has 0 saturated carbocycles. The summed E-state index contributed by atoms with van der Waals surface area (Å²) < 4.78 is 15.7. The predicted molar refractivity (Wildman–Crippen MR) is 76.6 cm³/mol. The van der Waals surface area contributed by atoms with E-state index in [-0.39, 0.29) is 24.2 Å². The Kier molecular flexibility index (Phi) is 3.52. The van der Waals surface area contributed by atoms with Gasteiger partial charge in [-0.15, -0.1) is 5.10 Å². The lowest BCUT2D eigenvalue weighted by atomic mass is 10.3. The van der Waals surface area contributed by atoms with Gasteiger partial charge in [0.05, 0.1) is 23.8 Å². The van der Waals surface area contributed by atoms with Crippen LogP contribution in [0.1, 0.15) is 0 Å². The van der Waals surface area contributed by atoms with E-state index in [2.05, 4.69) is 20.5 Å². The highest BCUT2D eigenvalue weighted by Crippen LogP contribution is 2.12. The molecule has 0 unspecified atom stereocenters. The molecule has 112 valence electrons. The summed E-state index contributed by atoms with van der Waals surface area (Å²) in [5.41, 5.74) is 6.57. The summed E-state index contributed by atoms with van der Waals surface area (Å²) in [4.78, 5) is 15.6. The van der Waals surface area contributed by atoms with Crippen molar-refractivity contribution in [3.8, 4) is 5.69 Å². The molecule has 1 aromatic carbocycles. The molecule has 0 aliphatic rings. The third-order valence-corrected chi connectivity index (χ3v) is 2.82. The zero-order valence-electron chi connectivity index (χ0n) is 11.3. The summed E-state index contributed by atoms with van der Waals surface area (Å²) in [5.74, 6) is -0.503. The maximum atomic E-state index is 12.9.